The highest BCUT2D eigenvalue weighted by atomic mass is 19.1. The van der Waals surface area contributed by atoms with Crippen LogP contribution in [0.25, 0.3) is 0 Å². The molecule has 0 bridgehead atoms. The summed E-state index contributed by atoms with van der Waals surface area (Å²) in [6.07, 6.45) is 0. The van der Waals surface area contributed by atoms with Crippen LogP contribution in [0.4, 0.5) is 10.1 Å². The Bertz CT molecular complexity index is 627. The average molecular weight is 274 g/mol. The first-order valence-corrected chi connectivity index (χ1v) is 6.05. The zero-order valence-corrected chi connectivity index (χ0v) is 10.9. The molecule has 2 aromatic carbocycles. The molecule has 1 unspecified atom stereocenters. The van der Waals surface area contributed by atoms with Gasteiger partial charge in [0.25, 0.3) is 0 Å². The standard InChI is InChI=1S/C15H15FN2O2/c1-15(17,10-5-3-2-4-6-10)14(20)18-11-7-8-13(19)12(16)9-11/h2-9,19H,17H2,1H3,(H,18,20). The summed E-state index contributed by atoms with van der Waals surface area (Å²) in [5.41, 5.74) is 5.69. The molecule has 0 saturated carbocycles. The SMILES string of the molecule is CC(N)(C(=O)Nc1ccc(O)c(F)c1)c1ccccc1. The summed E-state index contributed by atoms with van der Waals surface area (Å²) in [5.74, 6) is -1.74. The third-order valence-corrected chi connectivity index (χ3v) is 3.05. The molecule has 2 aromatic rings. The van der Waals surface area contributed by atoms with Crippen LogP contribution in [0.2, 0.25) is 0 Å². The fourth-order valence-electron chi connectivity index (χ4n) is 1.76. The van der Waals surface area contributed by atoms with Gasteiger partial charge in [0.15, 0.2) is 11.6 Å². The normalized spacial score (nSPS) is 13.6. The number of carbonyl (C=O) groups excluding carboxylic acids is 1. The molecule has 0 fully saturated rings. The molecule has 0 heterocycles. The summed E-state index contributed by atoms with van der Waals surface area (Å²) in [6.45, 7) is 1.58. The summed E-state index contributed by atoms with van der Waals surface area (Å²) in [5, 5.41) is 11.6. The van der Waals surface area contributed by atoms with Crippen molar-refractivity contribution in [1.29, 1.82) is 0 Å². The Hall–Kier alpha value is -2.40. The zero-order valence-electron chi connectivity index (χ0n) is 10.9. The first-order valence-electron chi connectivity index (χ1n) is 6.05. The van der Waals surface area contributed by atoms with Crippen LogP contribution >= 0.6 is 0 Å². The third kappa shape index (κ3) is 2.78. The maximum absolute atomic E-state index is 13.2. The fourth-order valence-corrected chi connectivity index (χ4v) is 1.76. The monoisotopic (exact) mass is 274 g/mol. The summed E-state index contributed by atoms with van der Waals surface area (Å²) < 4.78 is 13.2. The van der Waals surface area contributed by atoms with Crippen molar-refractivity contribution in [2.24, 2.45) is 5.73 Å². The van der Waals surface area contributed by atoms with E-state index in [4.69, 9.17) is 10.8 Å². The number of phenols is 1. The van der Waals surface area contributed by atoms with Crippen LogP contribution in [0, 0.1) is 5.82 Å². The highest BCUT2D eigenvalue weighted by Gasteiger charge is 2.30. The molecule has 0 aromatic heterocycles. The Morgan fingerprint density at radius 1 is 1.25 bits per heavy atom. The smallest absolute Gasteiger partial charge is 0.248 e. The van der Waals surface area contributed by atoms with Gasteiger partial charge in [0, 0.05) is 11.8 Å². The first-order chi connectivity index (χ1) is 9.41. The van der Waals surface area contributed by atoms with Crippen LogP contribution in [-0.4, -0.2) is 11.0 Å². The lowest BCUT2D eigenvalue weighted by atomic mass is 9.92. The van der Waals surface area contributed by atoms with Gasteiger partial charge in [-0.05, 0) is 24.6 Å². The van der Waals surface area contributed by atoms with Gasteiger partial charge < -0.3 is 16.2 Å². The molecule has 0 aliphatic rings. The van der Waals surface area contributed by atoms with Crippen molar-refractivity contribution in [1.82, 2.24) is 0 Å². The number of halogens is 1. The molecule has 5 heteroatoms. The highest BCUT2D eigenvalue weighted by Crippen LogP contribution is 2.23. The molecule has 0 radical (unpaired) electrons. The minimum Gasteiger partial charge on any atom is -0.505 e. The van der Waals surface area contributed by atoms with Crippen molar-refractivity contribution in [3.8, 4) is 5.75 Å². The number of nitrogens with one attached hydrogen (secondary N) is 1. The van der Waals surface area contributed by atoms with Crippen LogP contribution < -0.4 is 11.1 Å². The lowest BCUT2D eigenvalue weighted by molar-refractivity contribution is -0.120. The summed E-state index contributed by atoms with van der Waals surface area (Å²) in [4.78, 5) is 12.2. The zero-order chi connectivity index (χ0) is 14.8. The van der Waals surface area contributed by atoms with E-state index in [1.807, 2.05) is 6.07 Å². The van der Waals surface area contributed by atoms with E-state index < -0.39 is 23.0 Å². The number of phenolic OH excluding ortho intramolecular Hbond substituents is 1. The van der Waals surface area contributed by atoms with Crippen LogP contribution in [-0.2, 0) is 10.3 Å². The number of nitrogens with two attached hydrogens (primary N) is 1. The second kappa shape index (κ2) is 5.30. The second-order valence-electron chi connectivity index (χ2n) is 4.69. The van der Waals surface area contributed by atoms with Gasteiger partial charge in [-0.1, -0.05) is 30.3 Å². The number of anilines is 1. The highest BCUT2D eigenvalue weighted by molar-refractivity contribution is 5.98. The van der Waals surface area contributed by atoms with Crippen LogP contribution in [0.3, 0.4) is 0 Å². The Balaban J connectivity index is 2.21. The van der Waals surface area contributed by atoms with Crippen molar-refractivity contribution in [2.45, 2.75) is 12.5 Å². The summed E-state index contributed by atoms with van der Waals surface area (Å²) in [6, 6.07) is 12.5. The maximum atomic E-state index is 13.2. The quantitative estimate of drug-likeness (QED) is 0.752. The van der Waals surface area contributed by atoms with Gasteiger partial charge in [-0.3, -0.25) is 4.79 Å². The molecule has 0 spiro atoms. The van der Waals surface area contributed by atoms with E-state index in [-0.39, 0.29) is 5.69 Å². The molecular formula is C15H15FN2O2. The molecule has 4 nitrogen and oxygen atoms in total. The van der Waals surface area contributed by atoms with E-state index in [1.165, 1.54) is 12.1 Å². The number of amides is 1. The van der Waals surface area contributed by atoms with E-state index in [0.717, 1.165) is 6.07 Å². The van der Waals surface area contributed by atoms with Crippen LogP contribution in [0.1, 0.15) is 12.5 Å². The molecule has 1 atom stereocenters. The molecular weight excluding hydrogens is 259 g/mol. The molecule has 2 rings (SSSR count). The average Bonchev–Trinajstić information content (AvgIpc) is 2.44. The van der Waals surface area contributed by atoms with Gasteiger partial charge in [-0.2, -0.15) is 0 Å². The van der Waals surface area contributed by atoms with Gasteiger partial charge in [0.1, 0.15) is 5.54 Å². The van der Waals surface area contributed by atoms with Crippen molar-refractivity contribution in [3.63, 3.8) is 0 Å². The summed E-state index contributed by atoms with van der Waals surface area (Å²) >= 11 is 0. The fraction of sp³-hybridized carbons (Fsp3) is 0.133. The largest absolute Gasteiger partial charge is 0.505 e. The Labute approximate surface area is 116 Å². The number of carbonyl (C=O) groups is 1. The molecule has 20 heavy (non-hydrogen) atoms. The number of aromatic hydroxyl groups is 1. The van der Waals surface area contributed by atoms with Crippen LogP contribution in [0.5, 0.6) is 5.75 Å². The first kappa shape index (κ1) is 14.0. The Kier molecular flexibility index (Phi) is 3.72. The summed E-state index contributed by atoms with van der Waals surface area (Å²) in [7, 11) is 0. The van der Waals surface area contributed by atoms with E-state index >= 15 is 0 Å². The van der Waals surface area contributed by atoms with Gasteiger partial charge >= 0.3 is 0 Å². The minimum atomic E-state index is -1.24. The molecule has 0 saturated heterocycles. The number of hydrogen-bond acceptors (Lipinski definition) is 3. The minimum absolute atomic E-state index is 0.234. The Morgan fingerprint density at radius 2 is 1.90 bits per heavy atom. The lowest BCUT2D eigenvalue weighted by Gasteiger charge is -2.24. The third-order valence-electron chi connectivity index (χ3n) is 3.05. The van der Waals surface area contributed by atoms with E-state index in [1.54, 1.807) is 31.2 Å². The van der Waals surface area contributed by atoms with E-state index in [0.29, 0.717) is 5.56 Å². The van der Waals surface area contributed by atoms with Gasteiger partial charge in [-0.15, -0.1) is 0 Å². The maximum Gasteiger partial charge on any atom is 0.248 e. The van der Waals surface area contributed by atoms with Crippen molar-refractivity contribution < 1.29 is 14.3 Å². The molecule has 0 aliphatic carbocycles. The van der Waals surface area contributed by atoms with Crippen molar-refractivity contribution >= 4 is 11.6 Å². The lowest BCUT2D eigenvalue weighted by Crippen LogP contribution is -2.45. The second-order valence-corrected chi connectivity index (χ2v) is 4.69. The van der Waals surface area contributed by atoms with E-state index in [2.05, 4.69) is 5.32 Å². The van der Waals surface area contributed by atoms with Crippen LogP contribution in [0.15, 0.2) is 48.5 Å². The topological polar surface area (TPSA) is 75.4 Å². The number of rotatable bonds is 3. The molecule has 104 valence electrons. The Morgan fingerprint density at radius 3 is 2.50 bits per heavy atom. The van der Waals surface area contributed by atoms with Crippen molar-refractivity contribution in [2.75, 3.05) is 5.32 Å². The predicted octanol–water partition coefficient (Wildman–Crippen LogP) is 2.34. The molecule has 0 aliphatic heterocycles. The van der Waals surface area contributed by atoms with Gasteiger partial charge in [-0.25, -0.2) is 4.39 Å². The van der Waals surface area contributed by atoms with Gasteiger partial charge in [0.05, 0.1) is 0 Å². The van der Waals surface area contributed by atoms with Crippen molar-refractivity contribution in [3.05, 3.63) is 59.9 Å². The number of hydrogen-bond donors (Lipinski definition) is 3. The predicted molar refractivity (Wildman–Crippen MR) is 74.7 cm³/mol. The number of benzene rings is 2. The molecule has 4 N–H and O–H groups in total. The van der Waals surface area contributed by atoms with Gasteiger partial charge in [0.2, 0.25) is 5.91 Å². The molecule has 1 amide bonds. The van der Waals surface area contributed by atoms with E-state index in [9.17, 15) is 9.18 Å².